The number of esters is 1. The number of nitro benzene ring substituents is 2. The zero-order chi connectivity index (χ0) is 42.3. The molecule has 23 heteroatoms. The van der Waals surface area contributed by atoms with Gasteiger partial charge in [0.1, 0.15) is 12.3 Å². The third-order valence-corrected chi connectivity index (χ3v) is 6.96. The lowest BCUT2D eigenvalue weighted by molar-refractivity contribution is -0.393. The van der Waals surface area contributed by atoms with Gasteiger partial charge >= 0.3 is 11.9 Å². The van der Waals surface area contributed by atoms with Crippen LogP contribution < -0.4 is 5.32 Å². The van der Waals surface area contributed by atoms with Crippen LogP contribution in [0.4, 0.5) is 17.1 Å². The molecule has 58 heavy (non-hydrogen) atoms. The number of carbonyl (C=O) groups is 3. The third kappa shape index (κ3) is 31.0. The number of ether oxygens (including phenoxy) is 12. The molecule has 0 saturated heterocycles. The fourth-order valence-corrected chi connectivity index (χ4v) is 4.10. The molecule has 0 aliphatic rings. The largest absolute Gasteiger partial charge is 0.476 e. The van der Waals surface area contributed by atoms with E-state index >= 15 is 0 Å². The van der Waals surface area contributed by atoms with Crippen LogP contribution >= 0.6 is 0 Å². The molecular weight excluding hydrogens is 782 g/mol. The summed E-state index contributed by atoms with van der Waals surface area (Å²) in [4.78, 5) is 53.3. The maximum Gasteiger partial charge on any atom is 0.372 e. The predicted molar refractivity (Wildman–Crippen MR) is 200 cm³/mol. The van der Waals surface area contributed by atoms with Crippen LogP contribution in [0.15, 0.2) is 18.2 Å². The number of Topliss-reactive ketones (excluding diaryl/α,β-unsaturated/α-hetero) is 1. The van der Waals surface area contributed by atoms with Gasteiger partial charge < -0.3 is 67.3 Å². The van der Waals surface area contributed by atoms with Crippen molar-refractivity contribution in [2.75, 3.05) is 164 Å². The Labute approximate surface area is 336 Å². The molecular formula is C35H57N3O20. The van der Waals surface area contributed by atoms with Gasteiger partial charge in [0, 0.05) is 19.0 Å². The summed E-state index contributed by atoms with van der Waals surface area (Å²) in [6.45, 7) is 8.70. The molecule has 0 radical (unpaired) electrons. The maximum atomic E-state index is 11.4. The number of hydrogen-bond acceptors (Lipinski definition) is 20. The van der Waals surface area contributed by atoms with Gasteiger partial charge in [0.2, 0.25) is 5.78 Å². The van der Waals surface area contributed by atoms with Crippen LogP contribution in [0.1, 0.15) is 12.8 Å². The number of nitro groups is 2. The highest BCUT2D eigenvalue weighted by Crippen LogP contribution is 2.28. The third-order valence-electron chi connectivity index (χ3n) is 6.96. The van der Waals surface area contributed by atoms with E-state index in [2.05, 4.69) is 5.32 Å². The fourth-order valence-electron chi connectivity index (χ4n) is 4.10. The minimum atomic E-state index is -1.57. The van der Waals surface area contributed by atoms with Crippen LogP contribution in [0.5, 0.6) is 0 Å². The first-order chi connectivity index (χ1) is 28.2. The van der Waals surface area contributed by atoms with Crippen molar-refractivity contribution < 1.29 is 86.2 Å². The molecule has 0 atom stereocenters. The van der Waals surface area contributed by atoms with Gasteiger partial charge in [-0.15, -0.1) is 0 Å². The van der Waals surface area contributed by atoms with Crippen molar-refractivity contribution in [1.82, 2.24) is 0 Å². The lowest BCUT2D eigenvalue weighted by Crippen LogP contribution is -2.17. The van der Waals surface area contributed by atoms with Crippen LogP contribution in [0.25, 0.3) is 0 Å². The highest BCUT2D eigenvalue weighted by Gasteiger charge is 2.19. The van der Waals surface area contributed by atoms with Crippen molar-refractivity contribution in [3.63, 3.8) is 0 Å². The molecule has 0 spiro atoms. The van der Waals surface area contributed by atoms with E-state index in [-0.39, 0.29) is 49.8 Å². The lowest BCUT2D eigenvalue weighted by Gasteiger charge is -2.09. The second kappa shape index (κ2) is 37.3. The molecule has 0 saturated carbocycles. The number of aliphatic carboxylic acids is 1. The molecule has 0 aliphatic carbocycles. The number of carboxylic acid groups (broad SMARTS) is 1. The number of carboxylic acids is 1. The Morgan fingerprint density at radius 3 is 1.17 bits per heavy atom. The van der Waals surface area contributed by atoms with Crippen molar-refractivity contribution >= 4 is 34.8 Å². The van der Waals surface area contributed by atoms with Gasteiger partial charge in [0.25, 0.3) is 11.4 Å². The Hall–Kier alpha value is -4.01. The van der Waals surface area contributed by atoms with E-state index < -0.39 is 34.0 Å². The number of carbonyl (C=O) groups excluding carboxylic acids is 2. The van der Waals surface area contributed by atoms with Gasteiger partial charge in [0.05, 0.1) is 168 Å². The number of nitrogens with one attached hydrogen (secondary N) is 1. The highest BCUT2D eigenvalue weighted by atomic mass is 16.6. The molecule has 1 aromatic rings. The molecule has 0 unspecified atom stereocenters. The summed E-state index contributed by atoms with van der Waals surface area (Å²) in [5, 5.41) is 33.3. The molecule has 2 N–H and O–H groups in total. The molecule has 23 nitrogen and oxygen atoms in total. The zero-order valence-electron chi connectivity index (χ0n) is 32.7. The van der Waals surface area contributed by atoms with E-state index in [0.717, 1.165) is 6.07 Å². The van der Waals surface area contributed by atoms with E-state index in [1.807, 2.05) is 0 Å². The van der Waals surface area contributed by atoms with Gasteiger partial charge in [0.15, 0.2) is 0 Å². The Morgan fingerprint density at radius 2 is 0.845 bits per heavy atom. The van der Waals surface area contributed by atoms with Gasteiger partial charge in [-0.2, -0.15) is 0 Å². The Morgan fingerprint density at radius 1 is 0.500 bits per heavy atom. The first-order valence-electron chi connectivity index (χ1n) is 18.7. The van der Waals surface area contributed by atoms with E-state index in [4.69, 9.17) is 61.9 Å². The Bertz CT molecular complexity index is 1260. The van der Waals surface area contributed by atoms with Crippen LogP contribution in [-0.4, -0.2) is 191 Å². The van der Waals surface area contributed by atoms with Gasteiger partial charge in [-0.05, 0) is 6.07 Å². The van der Waals surface area contributed by atoms with Crippen molar-refractivity contribution in [3.05, 3.63) is 38.4 Å². The van der Waals surface area contributed by atoms with Gasteiger partial charge in [-0.3, -0.25) is 29.8 Å². The fraction of sp³-hybridized carbons (Fsp3) is 0.743. The molecule has 0 fully saturated rings. The monoisotopic (exact) mass is 839 g/mol. The van der Waals surface area contributed by atoms with Crippen LogP contribution in [0, 0.1) is 20.2 Å². The molecule has 0 amide bonds. The Balaban J connectivity index is 1.70. The number of anilines is 1. The van der Waals surface area contributed by atoms with Crippen molar-refractivity contribution in [1.29, 1.82) is 0 Å². The van der Waals surface area contributed by atoms with Crippen LogP contribution in [-0.2, 0) is 71.2 Å². The molecule has 1 aromatic carbocycles. The maximum absolute atomic E-state index is 11.4. The van der Waals surface area contributed by atoms with E-state index in [0.29, 0.717) is 132 Å². The van der Waals surface area contributed by atoms with E-state index in [1.165, 1.54) is 12.1 Å². The quantitative estimate of drug-likeness (QED) is 0.0306. The summed E-state index contributed by atoms with van der Waals surface area (Å²) in [5.74, 6) is -3.27. The molecule has 1 rings (SSSR count). The van der Waals surface area contributed by atoms with Crippen LogP contribution in [0.3, 0.4) is 0 Å². The molecule has 332 valence electrons. The zero-order valence-corrected chi connectivity index (χ0v) is 32.7. The first kappa shape index (κ1) is 52.0. The van der Waals surface area contributed by atoms with Crippen LogP contribution in [0.2, 0.25) is 0 Å². The number of ketones is 1. The minimum absolute atomic E-state index is 0.000877. The highest BCUT2D eigenvalue weighted by molar-refractivity contribution is 6.32. The van der Waals surface area contributed by atoms with Crippen molar-refractivity contribution in [3.8, 4) is 0 Å². The topological polar surface area (TPSA) is 281 Å². The lowest BCUT2D eigenvalue weighted by atomic mass is 10.2. The first-order valence-corrected chi connectivity index (χ1v) is 18.7. The summed E-state index contributed by atoms with van der Waals surface area (Å²) < 4.78 is 64.4. The SMILES string of the molecule is O=C(CCC(=O)C(=O)O)OCCOCCOCCOCCOCCOCCOCCOCCOCCOCCOCCOCCNc1ccc([N+](=O)[O-])cc1[N+](=O)[O-]. The number of rotatable bonds is 43. The second-order valence-electron chi connectivity index (χ2n) is 11.3. The van der Waals surface area contributed by atoms with E-state index in [9.17, 15) is 34.6 Å². The minimum Gasteiger partial charge on any atom is -0.476 e. The van der Waals surface area contributed by atoms with Crippen molar-refractivity contribution in [2.24, 2.45) is 0 Å². The Kier molecular flexibility index (Phi) is 33.4. The number of non-ortho nitro benzene ring substituents is 1. The van der Waals surface area contributed by atoms with Gasteiger partial charge in [-0.1, -0.05) is 0 Å². The van der Waals surface area contributed by atoms with Gasteiger partial charge in [-0.25, -0.2) is 4.79 Å². The standard InChI is InChI=1S/C35H57N3O20/c39-33(35(41)42)3-4-34(40)58-28-27-57-26-25-56-24-23-55-22-21-54-20-19-53-18-17-52-16-15-51-14-13-50-12-11-49-10-9-48-8-7-47-6-5-36-31-2-1-30(37(43)44)29-32(31)38(45)46/h1-2,29,36H,3-28H2,(H,41,42). The summed E-state index contributed by atoms with van der Waals surface area (Å²) in [5.41, 5.74) is -0.558. The number of hydrogen-bond donors (Lipinski definition) is 2. The normalized spacial score (nSPS) is 11.1. The van der Waals surface area contributed by atoms with Crippen molar-refractivity contribution in [2.45, 2.75) is 12.8 Å². The molecule has 0 bridgehead atoms. The van der Waals surface area contributed by atoms with E-state index in [1.54, 1.807) is 0 Å². The molecule has 0 heterocycles. The second-order valence-corrected chi connectivity index (χ2v) is 11.3. The predicted octanol–water partition coefficient (Wildman–Crippen LogP) is 1.07. The summed E-state index contributed by atoms with van der Waals surface area (Å²) in [7, 11) is 0. The molecule has 0 aromatic heterocycles. The smallest absolute Gasteiger partial charge is 0.372 e. The average Bonchev–Trinajstić information content (AvgIpc) is 3.20. The average molecular weight is 840 g/mol. The number of benzene rings is 1. The summed E-state index contributed by atoms with van der Waals surface area (Å²) in [6.07, 6.45) is -0.685. The summed E-state index contributed by atoms with van der Waals surface area (Å²) >= 11 is 0. The number of nitrogens with zero attached hydrogens (tertiary/aromatic N) is 2. The molecule has 0 aliphatic heterocycles. The summed E-state index contributed by atoms with van der Waals surface area (Å²) in [6, 6.07) is 3.40.